The van der Waals surface area contributed by atoms with E-state index in [1.165, 1.54) is 25.7 Å². The minimum absolute atomic E-state index is 0.0129. The first-order valence-corrected chi connectivity index (χ1v) is 7.57. The summed E-state index contributed by atoms with van der Waals surface area (Å²) >= 11 is 0. The molecule has 0 aromatic carbocycles. The van der Waals surface area contributed by atoms with Gasteiger partial charge in [0.2, 0.25) is 5.91 Å². The molecule has 1 aliphatic heterocycles. The minimum Gasteiger partial charge on any atom is -0.325 e. The van der Waals surface area contributed by atoms with Gasteiger partial charge in [0.1, 0.15) is 0 Å². The molecule has 0 aromatic heterocycles. The maximum Gasteiger partial charge on any atom is 0.240 e. The summed E-state index contributed by atoms with van der Waals surface area (Å²) in [6.45, 7) is 11.7. The number of carbonyl (C=O) groups is 1. The summed E-state index contributed by atoms with van der Waals surface area (Å²) in [5.74, 6) is 1.41. The number of rotatable bonds is 7. The third-order valence-electron chi connectivity index (χ3n) is 4.04. The van der Waals surface area contributed by atoms with Gasteiger partial charge in [-0.3, -0.25) is 10.1 Å². The zero-order valence-electron chi connectivity index (χ0n) is 12.7. The number of nitrogens with zero attached hydrogens (tertiary/aromatic N) is 1. The molecule has 3 unspecified atom stereocenters. The Kier molecular flexibility index (Phi) is 6.13. The molecule has 106 valence electrons. The summed E-state index contributed by atoms with van der Waals surface area (Å²) in [7, 11) is 0. The van der Waals surface area contributed by atoms with E-state index in [0.717, 1.165) is 6.54 Å². The molecule has 3 atom stereocenters. The van der Waals surface area contributed by atoms with Crippen molar-refractivity contribution in [2.75, 3.05) is 6.54 Å². The first-order valence-electron chi connectivity index (χ1n) is 7.57. The van der Waals surface area contributed by atoms with Crippen molar-refractivity contribution in [2.24, 2.45) is 11.8 Å². The molecule has 1 amide bonds. The highest BCUT2D eigenvalue weighted by Gasteiger charge is 2.38. The lowest BCUT2D eigenvalue weighted by molar-refractivity contribution is -0.130. The smallest absolute Gasteiger partial charge is 0.240 e. The van der Waals surface area contributed by atoms with Gasteiger partial charge in [0, 0.05) is 6.54 Å². The van der Waals surface area contributed by atoms with Gasteiger partial charge in [-0.2, -0.15) is 0 Å². The molecule has 1 N–H and O–H groups in total. The summed E-state index contributed by atoms with van der Waals surface area (Å²) in [4.78, 5) is 14.3. The Hall–Kier alpha value is -0.570. The fourth-order valence-corrected chi connectivity index (χ4v) is 2.75. The normalized spacial score (nSPS) is 26.1. The van der Waals surface area contributed by atoms with Crippen molar-refractivity contribution < 1.29 is 4.79 Å². The van der Waals surface area contributed by atoms with Crippen molar-refractivity contribution in [1.82, 2.24) is 10.2 Å². The van der Waals surface area contributed by atoms with Gasteiger partial charge < -0.3 is 4.90 Å². The molecule has 0 bridgehead atoms. The number of nitrogens with one attached hydrogen (secondary N) is 1. The maximum absolute atomic E-state index is 12.2. The van der Waals surface area contributed by atoms with Gasteiger partial charge in [-0.05, 0) is 25.2 Å². The number of unbranched alkanes of at least 4 members (excludes halogenated alkanes) is 1. The van der Waals surface area contributed by atoms with E-state index in [2.05, 4.69) is 37.9 Å². The predicted octanol–water partition coefficient (Wildman–Crippen LogP) is 3.01. The molecule has 0 spiro atoms. The van der Waals surface area contributed by atoms with Gasteiger partial charge in [0.25, 0.3) is 0 Å². The highest BCUT2D eigenvalue weighted by Crippen LogP contribution is 2.22. The topological polar surface area (TPSA) is 32.3 Å². The van der Waals surface area contributed by atoms with Crippen LogP contribution >= 0.6 is 0 Å². The fraction of sp³-hybridized carbons (Fsp3) is 0.933. The Morgan fingerprint density at radius 3 is 2.50 bits per heavy atom. The molecule has 3 heteroatoms. The van der Waals surface area contributed by atoms with E-state index in [9.17, 15) is 4.79 Å². The molecular weight excluding hydrogens is 224 g/mol. The first-order chi connectivity index (χ1) is 8.51. The molecule has 3 nitrogen and oxygen atoms in total. The average Bonchev–Trinajstić information content (AvgIpc) is 2.62. The SMILES string of the molecule is CCCCC(CC)CN1C(=O)C(C)NC1C(C)C. The van der Waals surface area contributed by atoms with Crippen LogP contribution in [0, 0.1) is 11.8 Å². The van der Waals surface area contributed by atoms with Gasteiger partial charge in [-0.25, -0.2) is 0 Å². The van der Waals surface area contributed by atoms with Gasteiger partial charge in [-0.1, -0.05) is 47.0 Å². The van der Waals surface area contributed by atoms with E-state index in [0.29, 0.717) is 11.8 Å². The van der Waals surface area contributed by atoms with Crippen molar-refractivity contribution in [3.05, 3.63) is 0 Å². The van der Waals surface area contributed by atoms with E-state index >= 15 is 0 Å². The Morgan fingerprint density at radius 2 is 2.00 bits per heavy atom. The molecule has 1 rings (SSSR count). The third-order valence-corrected chi connectivity index (χ3v) is 4.04. The van der Waals surface area contributed by atoms with Crippen LogP contribution in [-0.4, -0.2) is 29.6 Å². The van der Waals surface area contributed by atoms with Crippen LogP contribution in [0.15, 0.2) is 0 Å². The van der Waals surface area contributed by atoms with Crippen molar-refractivity contribution in [1.29, 1.82) is 0 Å². The molecule has 18 heavy (non-hydrogen) atoms. The van der Waals surface area contributed by atoms with Crippen LogP contribution in [0.4, 0.5) is 0 Å². The van der Waals surface area contributed by atoms with Crippen LogP contribution in [0.5, 0.6) is 0 Å². The number of hydrogen-bond acceptors (Lipinski definition) is 2. The lowest BCUT2D eigenvalue weighted by atomic mass is 9.98. The number of amides is 1. The standard InChI is InChI=1S/C15H30N2O/c1-6-8-9-13(7-2)10-17-14(11(3)4)16-12(5)15(17)18/h11-14,16H,6-10H2,1-5H3. The highest BCUT2D eigenvalue weighted by atomic mass is 16.2. The molecule has 0 saturated carbocycles. The molecule has 0 aliphatic carbocycles. The van der Waals surface area contributed by atoms with E-state index in [1.807, 2.05) is 6.92 Å². The quantitative estimate of drug-likeness (QED) is 0.757. The summed E-state index contributed by atoms with van der Waals surface area (Å²) in [6.07, 6.45) is 5.16. The van der Waals surface area contributed by atoms with Crippen molar-refractivity contribution in [3.63, 3.8) is 0 Å². The first kappa shape index (κ1) is 15.5. The molecule has 0 aromatic rings. The van der Waals surface area contributed by atoms with E-state index in [4.69, 9.17) is 0 Å². The van der Waals surface area contributed by atoms with Gasteiger partial charge in [0.15, 0.2) is 0 Å². The molecule has 0 radical (unpaired) electrons. The van der Waals surface area contributed by atoms with Gasteiger partial charge in [0.05, 0.1) is 12.2 Å². The number of hydrogen-bond donors (Lipinski definition) is 1. The molecule has 1 saturated heterocycles. The Labute approximate surface area is 112 Å². The summed E-state index contributed by atoms with van der Waals surface area (Å²) < 4.78 is 0. The largest absolute Gasteiger partial charge is 0.325 e. The van der Waals surface area contributed by atoms with Crippen LogP contribution in [-0.2, 0) is 4.79 Å². The monoisotopic (exact) mass is 254 g/mol. The highest BCUT2D eigenvalue weighted by molar-refractivity contribution is 5.83. The Bertz CT molecular complexity index is 265. The zero-order chi connectivity index (χ0) is 13.7. The van der Waals surface area contributed by atoms with E-state index in [1.54, 1.807) is 0 Å². The van der Waals surface area contributed by atoms with Crippen molar-refractivity contribution >= 4 is 5.91 Å². The summed E-state index contributed by atoms with van der Waals surface area (Å²) in [5.41, 5.74) is 0. The van der Waals surface area contributed by atoms with Crippen LogP contribution in [0.3, 0.4) is 0 Å². The Balaban J connectivity index is 2.63. The van der Waals surface area contributed by atoms with Gasteiger partial charge >= 0.3 is 0 Å². The zero-order valence-corrected chi connectivity index (χ0v) is 12.7. The van der Waals surface area contributed by atoms with Crippen LogP contribution in [0.1, 0.15) is 60.3 Å². The molecule has 1 heterocycles. The Morgan fingerprint density at radius 1 is 1.33 bits per heavy atom. The second-order valence-electron chi connectivity index (χ2n) is 5.98. The second-order valence-corrected chi connectivity index (χ2v) is 5.98. The average molecular weight is 254 g/mol. The second kappa shape index (κ2) is 7.13. The van der Waals surface area contributed by atoms with Gasteiger partial charge in [-0.15, -0.1) is 0 Å². The minimum atomic E-state index is -0.0129. The van der Waals surface area contributed by atoms with Crippen LogP contribution in [0.25, 0.3) is 0 Å². The van der Waals surface area contributed by atoms with Crippen molar-refractivity contribution in [3.8, 4) is 0 Å². The fourth-order valence-electron chi connectivity index (χ4n) is 2.75. The van der Waals surface area contributed by atoms with Crippen LogP contribution < -0.4 is 5.32 Å². The summed E-state index contributed by atoms with van der Waals surface area (Å²) in [5, 5.41) is 3.42. The number of carbonyl (C=O) groups excluding carboxylic acids is 1. The lowest BCUT2D eigenvalue weighted by Crippen LogP contribution is -2.43. The van der Waals surface area contributed by atoms with Crippen LogP contribution in [0.2, 0.25) is 0 Å². The predicted molar refractivity (Wildman–Crippen MR) is 76.2 cm³/mol. The molecule has 1 fully saturated rings. The maximum atomic E-state index is 12.2. The molecular formula is C15H30N2O. The van der Waals surface area contributed by atoms with Crippen molar-refractivity contribution in [2.45, 2.75) is 72.5 Å². The van der Waals surface area contributed by atoms with E-state index in [-0.39, 0.29) is 18.1 Å². The third kappa shape index (κ3) is 3.71. The lowest BCUT2D eigenvalue weighted by Gasteiger charge is -2.30. The molecule has 1 aliphatic rings. The summed E-state index contributed by atoms with van der Waals surface area (Å²) in [6, 6.07) is -0.0129. The van der Waals surface area contributed by atoms with E-state index < -0.39 is 0 Å².